The second-order valence-electron chi connectivity index (χ2n) is 4.63. The van der Waals surface area contributed by atoms with E-state index in [1.807, 2.05) is 24.3 Å². The summed E-state index contributed by atoms with van der Waals surface area (Å²) in [4.78, 5) is 15.6. The number of fused-ring (bicyclic) bond motifs is 1. The van der Waals surface area contributed by atoms with Crippen LogP contribution in [0.4, 0.5) is 8.78 Å². The molecule has 0 aliphatic carbocycles. The monoisotopic (exact) mass is 271 g/mol. The highest BCUT2D eigenvalue weighted by Crippen LogP contribution is 2.25. The van der Waals surface area contributed by atoms with E-state index in [2.05, 4.69) is 4.98 Å². The van der Waals surface area contributed by atoms with Gasteiger partial charge in [-0.05, 0) is 31.2 Å². The van der Waals surface area contributed by atoms with Crippen molar-refractivity contribution in [3.8, 4) is 0 Å². The molecule has 0 saturated carbocycles. The Kier molecular flexibility index (Phi) is 2.86. The van der Waals surface area contributed by atoms with Crippen LogP contribution in [-0.2, 0) is 0 Å². The second kappa shape index (κ2) is 4.56. The molecular formula is C16H11F2NO. The molecule has 0 atom stereocenters. The summed E-state index contributed by atoms with van der Waals surface area (Å²) in [7, 11) is 0. The molecule has 0 amide bonds. The molecular weight excluding hydrogens is 260 g/mol. The average molecular weight is 271 g/mol. The maximum absolute atomic E-state index is 13.3. The number of hydrogen-bond donors (Lipinski definition) is 1. The van der Waals surface area contributed by atoms with Gasteiger partial charge < -0.3 is 4.98 Å². The number of nitrogens with one attached hydrogen (secondary N) is 1. The van der Waals surface area contributed by atoms with Gasteiger partial charge in [0.25, 0.3) is 0 Å². The molecule has 0 fully saturated rings. The van der Waals surface area contributed by atoms with Gasteiger partial charge in [-0.3, -0.25) is 4.79 Å². The molecule has 20 heavy (non-hydrogen) atoms. The molecule has 1 N–H and O–H groups in total. The van der Waals surface area contributed by atoms with E-state index in [-0.39, 0.29) is 11.3 Å². The van der Waals surface area contributed by atoms with E-state index in [1.165, 1.54) is 6.07 Å². The van der Waals surface area contributed by atoms with Gasteiger partial charge in [-0.2, -0.15) is 0 Å². The first-order valence-corrected chi connectivity index (χ1v) is 6.15. The lowest BCUT2D eigenvalue weighted by Gasteiger charge is -2.02. The molecule has 0 aliphatic heterocycles. The summed E-state index contributed by atoms with van der Waals surface area (Å²) in [6.45, 7) is 1.78. The number of hydrogen-bond acceptors (Lipinski definition) is 1. The smallest absolute Gasteiger partial charge is 0.195 e. The number of halogens is 2. The third-order valence-electron chi connectivity index (χ3n) is 3.30. The quantitative estimate of drug-likeness (QED) is 0.702. The van der Waals surface area contributed by atoms with E-state index in [0.717, 1.165) is 23.0 Å². The fourth-order valence-corrected chi connectivity index (χ4v) is 2.35. The van der Waals surface area contributed by atoms with Crippen LogP contribution in [0.5, 0.6) is 0 Å². The van der Waals surface area contributed by atoms with Gasteiger partial charge in [0.15, 0.2) is 17.4 Å². The summed E-state index contributed by atoms with van der Waals surface area (Å²) >= 11 is 0. The lowest BCUT2D eigenvalue weighted by atomic mass is 10.0. The van der Waals surface area contributed by atoms with Crippen molar-refractivity contribution in [1.82, 2.24) is 4.98 Å². The Morgan fingerprint density at radius 2 is 1.80 bits per heavy atom. The van der Waals surface area contributed by atoms with Crippen molar-refractivity contribution >= 4 is 16.7 Å². The average Bonchev–Trinajstić information content (AvgIpc) is 2.77. The first-order chi connectivity index (χ1) is 9.58. The van der Waals surface area contributed by atoms with E-state index >= 15 is 0 Å². The summed E-state index contributed by atoms with van der Waals surface area (Å²) in [5.41, 5.74) is 2.18. The van der Waals surface area contributed by atoms with Crippen molar-refractivity contribution < 1.29 is 13.6 Å². The Morgan fingerprint density at radius 3 is 2.55 bits per heavy atom. The van der Waals surface area contributed by atoms with Gasteiger partial charge in [0.05, 0.1) is 5.56 Å². The number of benzene rings is 2. The van der Waals surface area contributed by atoms with Gasteiger partial charge >= 0.3 is 0 Å². The van der Waals surface area contributed by atoms with Gasteiger partial charge in [0.2, 0.25) is 0 Å². The van der Waals surface area contributed by atoms with Crippen LogP contribution in [0.15, 0.2) is 42.5 Å². The number of aromatic amines is 1. The molecule has 0 spiro atoms. The third kappa shape index (κ3) is 1.90. The van der Waals surface area contributed by atoms with Gasteiger partial charge in [-0.1, -0.05) is 18.2 Å². The Hall–Kier alpha value is -2.49. The van der Waals surface area contributed by atoms with Crippen molar-refractivity contribution in [2.45, 2.75) is 6.92 Å². The van der Waals surface area contributed by atoms with Crippen molar-refractivity contribution in [1.29, 1.82) is 0 Å². The maximum Gasteiger partial charge on any atom is 0.195 e. The summed E-state index contributed by atoms with van der Waals surface area (Å²) in [5, 5.41) is 0.778. The molecule has 100 valence electrons. The minimum absolute atomic E-state index is 0.136. The molecule has 0 aliphatic rings. The first kappa shape index (κ1) is 12.5. The molecule has 1 aromatic heterocycles. The first-order valence-electron chi connectivity index (χ1n) is 6.15. The van der Waals surface area contributed by atoms with Crippen LogP contribution in [-0.4, -0.2) is 10.8 Å². The zero-order valence-corrected chi connectivity index (χ0v) is 10.7. The van der Waals surface area contributed by atoms with Crippen LogP contribution in [0.25, 0.3) is 10.9 Å². The molecule has 3 aromatic rings. The molecule has 1 heterocycles. The Bertz CT molecular complexity index is 820. The van der Waals surface area contributed by atoms with E-state index < -0.39 is 11.6 Å². The van der Waals surface area contributed by atoms with Crippen molar-refractivity contribution in [3.63, 3.8) is 0 Å². The zero-order valence-electron chi connectivity index (χ0n) is 10.7. The topological polar surface area (TPSA) is 32.9 Å². The predicted octanol–water partition coefficient (Wildman–Crippen LogP) is 3.99. The number of rotatable bonds is 2. The van der Waals surface area contributed by atoms with E-state index in [1.54, 1.807) is 6.92 Å². The standard InChI is InChI=1S/C16H11F2NO/c1-9-15(11-4-2-3-5-14(11)19-9)16(20)10-6-7-12(17)13(18)8-10/h2-8,19H,1H3. The number of aromatic nitrogens is 1. The van der Waals surface area contributed by atoms with Gasteiger partial charge in [-0.25, -0.2) is 8.78 Å². The summed E-state index contributed by atoms with van der Waals surface area (Å²) in [6.07, 6.45) is 0. The van der Waals surface area contributed by atoms with Gasteiger partial charge in [0, 0.05) is 22.2 Å². The van der Waals surface area contributed by atoms with Crippen molar-refractivity contribution in [2.24, 2.45) is 0 Å². The zero-order chi connectivity index (χ0) is 14.3. The summed E-state index contributed by atoms with van der Waals surface area (Å²) in [5.74, 6) is -2.30. The Labute approximate surface area is 114 Å². The molecule has 3 rings (SSSR count). The van der Waals surface area contributed by atoms with E-state index in [9.17, 15) is 13.6 Å². The molecule has 0 radical (unpaired) electrons. The molecule has 2 nitrogen and oxygen atoms in total. The number of carbonyl (C=O) groups is 1. The number of para-hydroxylation sites is 1. The highest BCUT2D eigenvalue weighted by Gasteiger charge is 2.18. The van der Waals surface area contributed by atoms with Crippen molar-refractivity contribution in [3.05, 3.63) is 70.9 Å². The fraction of sp³-hybridized carbons (Fsp3) is 0.0625. The lowest BCUT2D eigenvalue weighted by Crippen LogP contribution is -2.03. The van der Waals surface area contributed by atoms with Crippen LogP contribution in [0.3, 0.4) is 0 Å². The Balaban J connectivity index is 2.17. The number of ketones is 1. The molecule has 2 aromatic carbocycles. The molecule has 0 saturated heterocycles. The molecule has 4 heteroatoms. The van der Waals surface area contributed by atoms with E-state index in [0.29, 0.717) is 11.3 Å². The maximum atomic E-state index is 13.3. The second-order valence-corrected chi connectivity index (χ2v) is 4.63. The highest BCUT2D eigenvalue weighted by atomic mass is 19.2. The predicted molar refractivity (Wildman–Crippen MR) is 72.8 cm³/mol. The summed E-state index contributed by atoms with van der Waals surface area (Å²) in [6, 6.07) is 10.6. The van der Waals surface area contributed by atoms with Crippen LogP contribution in [0, 0.1) is 18.6 Å². The van der Waals surface area contributed by atoms with Crippen LogP contribution < -0.4 is 0 Å². The van der Waals surface area contributed by atoms with Crippen LogP contribution in [0.1, 0.15) is 21.6 Å². The SMILES string of the molecule is Cc1[nH]c2ccccc2c1C(=O)c1ccc(F)c(F)c1. The minimum Gasteiger partial charge on any atom is -0.358 e. The molecule has 0 bridgehead atoms. The summed E-state index contributed by atoms with van der Waals surface area (Å²) < 4.78 is 26.2. The van der Waals surface area contributed by atoms with Crippen molar-refractivity contribution in [2.75, 3.05) is 0 Å². The molecule has 0 unspecified atom stereocenters. The van der Waals surface area contributed by atoms with Crippen LogP contribution in [0.2, 0.25) is 0 Å². The van der Waals surface area contributed by atoms with E-state index in [4.69, 9.17) is 0 Å². The van der Waals surface area contributed by atoms with Gasteiger partial charge in [-0.15, -0.1) is 0 Å². The number of carbonyl (C=O) groups excluding carboxylic acids is 1. The number of H-pyrrole nitrogens is 1. The van der Waals surface area contributed by atoms with Crippen LogP contribution >= 0.6 is 0 Å². The number of aryl methyl sites for hydroxylation is 1. The largest absolute Gasteiger partial charge is 0.358 e. The fourth-order valence-electron chi connectivity index (χ4n) is 2.35. The highest BCUT2D eigenvalue weighted by molar-refractivity contribution is 6.17. The van der Waals surface area contributed by atoms with Gasteiger partial charge in [0.1, 0.15) is 0 Å². The lowest BCUT2D eigenvalue weighted by molar-refractivity contribution is 0.103. The Morgan fingerprint density at radius 1 is 1.05 bits per heavy atom. The third-order valence-corrected chi connectivity index (χ3v) is 3.30. The minimum atomic E-state index is -1.02. The normalized spacial score (nSPS) is 10.9.